The summed E-state index contributed by atoms with van der Waals surface area (Å²) in [6.07, 6.45) is 4.29. The maximum absolute atomic E-state index is 10.4. The summed E-state index contributed by atoms with van der Waals surface area (Å²) in [5.74, 6) is 0.223. The van der Waals surface area contributed by atoms with Gasteiger partial charge in [-0.15, -0.1) is 0 Å². The predicted molar refractivity (Wildman–Crippen MR) is 63.7 cm³/mol. The summed E-state index contributed by atoms with van der Waals surface area (Å²) in [5.41, 5.74) is 1.77. The Hall–Kier alpha value is -1.91. The van der Waals surface area contributed by atoms with Gasteiger partial charge in [0.15, 0.2) is 5.65 Å². The molecule has 0 aliphatic carbocycles. The highest BCUT2D eigenvalue weighted by atomic mass is 16.4. The third-order valence-corrected chi connectivity index (χ3v) is 2.76. The predicted octanol–water partition coefficient (Wildman–Crippen LogP) is 1.77. The van der Waals surface area contributed by atoms with E-state index in [0.717, 1.165) is 29.8 Å². The van der Waals surface area contributed by atoms with Crippen molar-refractivity contribution in [1.29, 1.82) is 0 Å². The van der Waals surface area contributed by atoms with E-state index in [-0.39, 0.29) is 6.42 Å². The minimum absolute atomic E-state index is 0.224. The first-order valence-electron chi connectivity index (χ1n) is 5.66. The second-order valence-corrected chi connectivity index (χ2v) is 4.03. The number of pyridine rings is 1. The number of imidazole rings is 1. The lowest BCUT2D eigenvalue weighted by Gasteiger charge is -2.00. The highest BCUT2D eigenvalue weighted by Crippen LogP contribution is 2.13. The average molecular weight is 233 g/mol. The molecule has 0 aliphatic rings. The molecule has 1 N–H and O–H groups in total. The molecule has 17 heavy (non-hydrogen) atoms. The lowest BCUT2D eigenvalue weighted by Crippen LogP contribution is -2.00. The maximum Gasteiger partial charge on any atom is 0.303 e. The molecule has 0 saturated heterocycles. The van der Waals surface area contributed by atoms with Gasteiger partial charge in [-0.25, -0.2) is 9.97 Å². The molecular formula is C12H15N3O2. The quantitative estimate of drug-likeness (QED) is 0.799. The Kier molecular flexibility index (Phi) is 3.37. The molecular weight excluding hydrogens is 218 g/mol. The third kappa shape index (κ3) is 2.61. The number of aliphatic carboxylic acids is 1. The number of carboxylic acid groups (broad SMARTS) is 1. The van der Waals surface area contributed by atoms with E-state index in [9.17, 15) is 4.79 Å². The van der Waals surface area contributed by atoms with Crippen LogP contribution in [-0.2, 0) is 18.3 Å². The molecule has 2 rings (SSSR count). The van der Waals surface area contributed by atoms with Crippen LogP contribution in [-0.4, -0.2) is 25.6 Å². The summed E-state index contributed by atoms with van der Waals surface area (Å²) in [4.78, 5) is 19.1. The van der Waals surface area contributed by atoms with Crippen LogP contribution >= 0.6 is 0 Å². The van der Waals surface area contributed by atoms with Gasteiger partial charge < -0.3 is 9.67 Å². The van der Waals surface area contributed by atoms with Crippen LogP contribution in [0.3, 0.4) is 0 Å². The first kappa shape index (κ1) is 11.6. The fourth-order valence-electron chi connectivity index (χ4n) is 1.85. The summed E-state index contributed by atoms with van der Waals surface area (Å²) < 4.78 is 1.97. The molecule has 0 radical (unpaired) electrons. The molecule has 0 spiro atoms. The monoisotopic (exact) mass is 233 g/mol. The number of nitrogens with zero attached hydrogens (tertiary/aromatic N) is 3. The minimum Gasteiger partial charge on any atom is -0.481 e. The molecule has 0 atom stereocenters. The summed E-state index contributed by atoms with van der Waals surface area (Å²) in [5, 5.41) is 8.55. The van der Waals surface area contributed by atoms with Gasteiger partial charge in [-0.05, 0) is 25.0 Å². The van der Waals surface area contributed by atoms with E-state index in [1.54, 1.807) is 6.20 Å². The number of hydrogen-bond donors (Lipinski definition) is 1. The lowest BCUT2D eigenvalue weighted by molar-refractivity contribution is -0.137. The summed E-state index contributed by atoms with van der Waals surface area (Å²) in [7, 11) is 1.94. The molecule has 0 fully saturated rings. The number of aromatic nitrogens is 3. The van der Waals surface area contributed by atoms with Gasteiger partial charge in [0.25, 0.3) is 0 Å². The van der Waals surface area contributed by atoms with E-state index in [1.165, 1.54) is 0 Å². The van der Waals surface area contributed by atoms with Gasteiger partial charge in [-0.3, -0.25) is 4.79 Å². The average Bonchev–Trinajstić information content (AvgIpc) is 2.63. The second-order valence-electron chi connectivity index (χ2n) is 4.03. The zero-order valence-electron chi connectivity index (χ0n) is 9.76. The molecule has 5 heteroatoms. The standard InChI is InChI=1S/C12H15N3O2/c1-15-10(6-2-3-7-11(16)17)14-9-5-4-8-13-12(9)15/h4-5,8H,2-3,6-7H2,1H3,(H,16,17). The highest BCUT2D eigenvalue weighted by Gasteiger charge is 2.07. The smallest absolute Gasteiger partial charge is 0.303 e. The van der Waals surface area contributed by atoms with Gasteiger partial charge in [-0.1, -0.05) is 0 Å². The van der Waals surface area contributed by atoms with Crippen molar-refractivity contribution in [2.24, 2.45) is 7.05 Å². The van der Waals surface area contributed by atoms with Gasteiger partial charge in [0.1, 0.15) is 11.3 Å². The van der Waals surface area contributed by atoms with E-state index in [0.29, 0.717) is 6.42 Å². The van der Waals surface area contributed by atoms with Crippen molar-refractivity contribution in [3.63, 3.8) is 0 Å². The first-order valence-corrected chi connectivity index (χ1v) is 5.66. The van der Waals surface area contributed by atoms with Gasteiger partial charge in [0.2, 0.25) is 0 Å². The molecule has 2 heterocycles. The number of aryl methyl sites for hydroxylation is 2. The van der Waals surface area contributed by atoms with Crippen LogP contribution in [0.15, 0.2) is 18.3 Å². The number of hydrogen-bond acceptors (Lipinski definition) is 3. The molecule has 0 saturated carbocycles. The van der Waals surface area contributed by atoms with Crippen molar-refractivity contribution in [2.45, 2.75) is 25.7 Å². The van der Waals surface area contributed by atoms with E-state index in [1.807, 2.05) is 23.7 Å². The highest BCUT2D eigenvalue weighted by molar-refractivity contribution is 5.70. The Balaban J connectivity index is 2.04. The lowest BCUT2D eigenvalue weighted by atomic mass is 10.2. The summed E-state index contributed by atoms with van der Waals surface area (Å²) in [6.45, 7) is 0. The molecule has 0 unspecified atom stereocenters. The van der Waals surface area contributed by atoms with Crippen molar-refractivity contribution < 1.29 is 9.90 Å². The van der Waals surface area contributed by atoms with Crippen LogP contribution in [0.25, 0.3) is 11.2 Å². The number of carbonyl (C=O) groups is 1. The fourth-order valence-corrected chi connectivity index (χ4v) is 1.85. The molecule has 2 aromatic heterocycles. The molecule has 0 aliphatic heterocycles. The third-order valence-electron chi connectivity index (χ3n) is 2.76. The van der Waals surface area contributed by atoms with Crippen molar-refractivity contribution in [3.05, 3.63) is 24.2 Å². The Bertz CT molecular complexity index is 534. The number of unbranched alkanes of at least 4 members (excludes halogenated alkanes) is 1. The van der Waals surface area contributed by atoms with Crippen LogP contribution in [0, 0.1) is 0 Å². The van der Waals surface area contributed by atoms with Gasteiger partial charge in [0.05, 0.1) is 0 Å². The Labute approximate surface area is 99.1 Å². The first-order chi connectivity index (χ1) is 8.18. The number of rotatable bonds is 5. The van der Waals surface area contributed by atoms with Crippen LogP contribution in [0.4, 0.5) is 0 Å². The van der Waals surface area contributed by atoms with Gasteiger partial charge in [-0.2, -0.15) is 0 Å². The van der Waals surface area contributed by atoms with Crippen molar-refractivity contribution >= 4 is 17.1 Å². The SMILES string of the molecule is Cn1c(CCCCC(=O)O)nc2cccnc21. The summed E-state index contributed by atoms with van der Waals surface area (Å²) in [6, 6.07) is 3.80. The van der Waals surface area contributed by atoms with E-state index in [2.05, 4.69) is 9.97 Å². The van der Waals surface area contributed by atoms with Crippen molar-refractivity contribution in [1.82, 2.24) is 14.5 Å². The minimum atomic E-state index is -0.739. The van der Waals surface area contributed by atoms with Gasteiger partial charge >= 0.3 is 5.97 Å². The number of carboxylic acids is 1. The molecule has 0 amide bonds. The molecule has 5 nitrogen and oxygen atoms in total. The van der Waals surface area contributed by atoms with Crippen LogP contribution in [0.5, 0.6) is 0 Å². The molecule has 0 aromatic carbocycles. The van der Waals surface area contributed by atoms with Crippen LogP contribution < -0.4 is 0 Å². The zero-order valence-corrected chi connectivity index (χ0v) is 9.76. The second kappa shape index (κ2) is 4.95. The van der Waals surface area contributed by atoms with Crippen LogP contribution in [0.2, 0.25) is 0 Å². The zero-order chi connectivity index (χ0) is 12.3. The largest absolute Gasteiger partial charge is 0.481 e. The van der Waals surface area contributed by atoms with Crippen molar-refractivity contribution in [2.75, 3.05) is 0 Å². The Morgan fingerprint density at radius 1 is 1.47 bits per heavy atom. The molecule has 0 bridgehead atoms. The van der Waals surface area contributed by atoms with Gasteiger partial charge in [0, 0.05) is 26.1 Å². The van der Waals surface area contributed by atoms with E-state index in [4.69, 9.17) is 5.11 Å². The van der Waals surface area contributed by atoms with Crippen LogP contribution in [0.1, 0.15) is 25.1 Å². The molecule has 2 aromatic rings. The van der Waals surface area contributed by atoms with E-state index < -0.39 is 5.97 Å². The maximum atomic E-state index is 10.4. The topological polar surface area (TPSA) is 68.0 Å². The van der Waals surface area contributed by atoms with E-state index >= 15 is 0 Å². The normalized spacial score (nSPS) is 10.9. The number of fused-ring (bicyclic) bond motifs is 1. The fraction of sp³-hybridized carbons (Fsp3) is 0.417. The summed E-state index contributed by atoms with van der Waals surface area (Å²) >= 11 is 0. The van der Waals surface area contributed by atoms with Crippen molar-refractivity contribution in [3.8, 4) is 0 Å². The Morgan fingerprint density at radius 3 is 3.00 bits per heavy atom. The Morgan fingerprint density at radius 2 is 2.29 bits per heavy atom. The molecule has 90 valence electrons.